The van der Waals surface area contributed by atoms with Gasteiger partial charge in [0.05, 0.1) is 11.0 Å². The Bertz CT molecular complexity index is 1060. The minimum absolute atomic E-state index is 0.433. The molecule has 0 bridgehead atoms. The molecule has 5 heteroatoms. The van der Waals surface area contributed by atoms with Gasteiger partial charge >= 0.3 is 0 Å². The van der Waals surface area contributed by atoms with Crippen molar-refractivity contribution in [2.75, 3.05) is 0 Å². The van der Waals surface area contributed by atoms with E-state index in [0.29, 0.717) is 11.3 Å². The third kappa shape index (κ3) is 1.34. The van der Waals surface area contributed by atoms with Crippen LogP contribution in [-0.4, -0.2) is 20.3 Å². The lowest BCUT2D eigenvalue weighted by molar-refractivity contribution is 0.314. The second kappa shape index (κ2) is 3.73. The third-order valence-electron chi connectivity index (χ3n) is 3.77. The van der Waals surface area contributed by atoms with Crippen molar-refractivity contribution in [2.24, 2.45) is 0 Å². The molecule has 21 heavy (non-hydrogen) atoms. The van der Waals surface area contributed by atoms with Gasteiger partial charge in [0.25, 0.3) is 0 Å². The fourth-order valence-electron chi connectivity index (χ4n) is 2.86. The number of aromatic nitrogens is 4. The number of benzene rings is 3. The van der Waals surface area contributed by atoms with Gasteiger partial charge in [-0.15, -0.1) is 0 Å². The highest BCUT2D eigenvalue weighted by molar-refractivity contribution is 6.23. The average molecular weight is 272 g/mol. The van der Waals surface area contributed by atoms with E-state index in [4.69, 9.17) is 4.63 Å². The first-order valence-corrected chi connectivity index (χ1v) is 6.61. The monoisotopic (exact) mass is 272 g/mol. The first-order valence-electron chi connectivity index (χ1n) is 6.61. The summed E-state index contributed by atoms with van der Waals surface area (Å²) in [6.45, 7) is 0. The van der Waals surface area contributed by atoms with Gasteiger partial charge in [0.2, 0.25) is 11.3 Å². The van der Waals surface area contributed by atoms with Crippen LogP contribution in [0.15, 0.2) is 53.2 Å². The fourth-order valence-corrected chi connectivity index (χ4v) is 2.86. The summed E-state index contributed by atoms with van der Waals surface area (Å²) in [5, 5.41) is 12.0. The van der Waals surface area contributed by atoms with Gasteiger partial charge < -0.3 is 0 Å². The van der Waals surface area contributed by atoms with Crippen molar-refractivity contribution in [3.63, 3.8) is 0 Å². The largest absolute Gasteiger partial charge is 0.243 e. The van der Waals surface area contributed by atoms with E-state index in [9.17, 15) is 0 Å². The van der Waals surface area contributed by atoms with Gasteiger partial charge in [-0.25, -0.2) is 14.6 Å². The normalized spacial score (nSPS) is 11.8. The summed E-state index contributed by atoms with van der Waals surface area (Å²) in [5.41, 5.74) is 2.52. The lowest BCUT2D eigenvalue weighted by Crippen LogP contribution is -1.90. The minimum Gasteiger partial charge on any atom is -0.240 e. The standard InChI is InChI=1S/C16H8N4O/c1-3-7-11-9(5-1)10-6-2-4-8-12(10)14-13(11)17-15-16(18-14)20-21-19-15/h1-8H. The van der Waals surface area contributed by atoms with Gasteiger partial charge in [-0.2, -0.15) is 0 Å². The van der Waals surface area contributed by atoms with Crippen molar-refractivity contribution in [1.29, 1.82) is 0 Å². The van der Waals surface area contributed by atoms with E-state index in [-0.39, 0.29) is 0 Å². The van der Waals surface area contributed by atoms with Gasteiger partial charge in [0.1, 0.15) is 0 Å². The summed E-state index contributed by atoms with van der Waals surface area (Å²) in [4.78, 5) is 9.17. The van der Waals surface area contributed by atoms with Gasteiger partial charge in [-0.05, 0) is 21.1 Å². The van der Waals surface area contributed by atoms with Crippen LogP contribution in [0.2, 0.25) is 0 Å². The molecule has 2 heterocycles. The topological polar surface area (TPSA) is 64.7 Å². The molecule has 0 aliphatic rings. The molecule has 0 aliphatic heterocycles. The molecule has 0 N–H and O–H groups in total. The van der Waals surface area contributed by atoms with Gasteiger partial charge in [0, 0.05) is 10.8 Å². The lowest BCUT2D eigenvalue weighted by atomic mass is 10.00. The molecule has 5 aromatic rings. The zero-order valence-corrected chi connectivity index (χ0v) is 10.8. The molecule has 0 amide bonds. The van der Waals surface area contributed by atoms with Gasteiger partial charge in [-0.1, -0.05) is 48.5 Å². The van der Waals surface area contributed by atoms with Crippen LogP contribution in [0.3, 0.4) is 0 Å². The van der Waals surface area contributed by atoms with Crippen LogP contribution in [0.5, 0.6) is 0 Å². The van der Waals surface area contributed by atoms with Crippen molar-refractivity contribution < 1.29 is 4.63 Å². The van der Waals surface area contributed by atoms with Gasteiger partial charge in [0.15, 0.2) is 0 Å². The predicted molar refractivity (Wildman–Crippen MR) is 79.9 cm³/mol. The summed E-state index contributed by atoms with van der Waals surface area (Å²) >= 11 is 0. The SMILES string of the molecule is c1ccc2c(c1)c1ccccc1c1nc3nonc3nc21. The van der Waals surface area contributed by atoms with E-state index in [1.807, 2.05) is 24.3 Å². The molecule has 0 fully saturated rings. The van der Waals surface area contributed by atoms with Crippen LogP contribution in [0.4, 0.5) is 0 Å². The number of hydrogen-bond donors (Lipinski definition) is 0. The number of nitrogens with zero attached hydrogens (tertiary/aromatic N) is 4. The van der Waals surface area contributed by atoms with E-state index >= 15 is 0 Å². The summed E-state index contributed by atoms with van der Waals surface area (Å²) in [7, 11) is 0. The Balaban J connectivity index is 2.21. The molecule has 0 aliphatic carbocycles. The Kier molecular flexibility index (Phi) is 1.90. The molecular formula is C16H8N4O. The fraction of sp³-hybridized carbons (Fsp3) is 0. The van der Waals surface area contributed by atoms with Crippen molar-refractivity contribution in [3.8, 4) is 0 Å². The van der Waals surface area contributed by atoms with Crippen molar-refractivity contribution in [2.45, 2.75) is 0 Å². The highest BCUT2D eigenvalue weighted by Crippen LogP contribution is 2.33. The van der Waals surface area contributed by atoms with E-state index in [0.717, 1.165) is 32.6 Å². The first kappa shape index (κ1) is 10.7. The van der Waals surface area contributed by atoms with Crippen LogP contribution in [-0.2, 0) is 0 Å². The quantitative estimate of drug-likeness (QED) is 0.404. The molecule has 98 valence electrons. The number of rotatable bonds is 0. The molecule has 0 saturated heterocycles. The molecule has 3 aromatic carbocycles. The molecule has 0 radical (unpaired) electrons. The summed E-state index contributed by atoms with van der Waals surface area (Å²) in [5.74, 6) is 0. The van der Waals surface area contributed by atoms with E-state index in [1.54, 1.807) is 0 Å². The molecule has 0 saturated carbocycles. The maximum atomic E-state index is 4.74. The zero-order chi connectivity index (χ0) is 13.8. The number of fused-ring (bicyclic) bond motifs is 7. The van der Waals surface area contributed by atoms with E-state index in [1.165, 1.54) is 0 Å². The maximum absolute atomic E-state index is 4.74. The molecule has 5 rings (SSSR count). The Morgan fingerprint density at radius 1 is 0.571 bits per heavy atom. The minimum atomic E-state index is 0.433. The van der Waals surface area contributed by atoms with Crippen molar-refractivity contribution >= 4 is 43.9 Å². The predicted octanol–water partition coefficient (Wildman–Crippen LogP) is 3.47. The average Bonchev–Trinajstić information content (AvgIpc) is 3.01. The maximum Gasteiger partial charge on any atom is 0.243 e. The summed E-state index contributed by atoms with van der Waals surface area (Å²) in [6.07, 6.45) is 0. The zero-order valence-electron chi connectivity index (χ0n) is 10.8. The van der Waals surface area contributed by atoms with Crippen molar-refractivity contribution in [3.05, 3.63) is 48.5 Å². The third-order valence-corrected chi connectivity index (χ3v) is 3.77. The highest BCUT2D eigenvalue weighted by Gasteiger charge is 2.13. The Morgan fingerprint density at radius 3 is 1.48 bits per heavy atom. The first-order chi connectivity index (χ1) is 10.4. The van der Waals surface area contributed by atoms with Crippen LogP contribution in [0.25, 0.3) is 43.9 Å². The molecular weight excluding hydrogens is 264 g/mol. The van der Waals surface area contributed by atoms with Crippen LogP contribution in [0, 0.1) is 0 Å². The second-order valence-electron chi connectivity index (χ2n) is 4.92. The van der Waals surface area contributed by atoms with Crippen molar-refractivity contribution in [1.82, 2.24) is 20.3 Å². The molecule has 5 nitrogen and oxygen atoms in total. The Hall–Kier alpha value is -3.08. The van der Waals surface area contributed by atoms with Gasteiger partial charge in [-0.3, -0.25) is 0 Å². The lowest BCUT2D eigenvalue weighted by Gasteiger charge is -2.07. The molecule has 0 unspecified atom stereocenters. The molecule has 0 atom stereocenters. The second-order valence-corrected chi connectivity index (χ2v) is 4.92. The van der Waals surface area contributed by atoms with Crippen LogP contribution in [0.1, 0.15) is 0 Å². The summed E-state index contributed by atoms with van der Waals surface area (Å²) < 4.78 is 4.74. The highest BCUT2D eigenvalue weighted by atomic mass is 16.6. The van der Waals surface area contributed by atoms with Crippen LogP contribution < -0.4 is 0 Å². The number of hydrogen-bond acceptors (Lipinski definition) is 5. The van der Waals surface area contributed by atoms with Crippen LogP contribution >= 0.6 is 0 Å². The summed E-state index contributed by atoms with van der Waals surface area (Å²) in [6, 6.07) is 16.4. The Labute approximate surface area is 118 Å². The smallest absolute Gasteiger partial charge is 0.240 e. The Morgan fingerprint density at radius 2 is 1.00 bits per heavy atom. The van der Waals surface area contributed by atoms with E-state index in [2.05, 4.69) is 44.5 Å². The molecule has 0 spiro atoms. The van der Waals surface area contributed by atoms with E-state index < -0.39 is 0 Å². The molecule has 2 aromatic heterocycles.